The van der Waals surface area contributed by atoms with Gasteiger partial charge in [0.05, 0.1) is 20.1 Å². The Bertz CT molecular complexity index is 956. The van der Waals surface area contributed by atoms with Crippen LogP contribution in [-0.4, -0.2) is 44.0 Å². The van der Waals surface area contributed by atoms with Crippen molar-refractivity contribution < 1.29 is 19.1 Å². The van der Waals surface area contributed by atoms with Gasteiger partial charge in [0.25, 0.3) is 0 Å². The Balaban J connectivity index is 1.53. The maximum atomic E-state index is 13.3. The summed E-state index contributed by atoms with van der Waals surface area (Å²) in [4.78, 5) is 28.4. The van der Waals surface area contributed by atoms with E-state index in [1.807, 2.05) is 53.4 Å². The number of nitrogens with zero attached hydrogens (tertiary/aromatic N) is 1. The molecular weight excluding hydrogens is 416 g/mol. The molecule has 0 bridgehead atoms. The van der Waals surface area contributed by atoms with E-state index < -0.39 is 0 Å². The summed E-state index contributed by atoms with van der Waals surface area (Å²) in [6, 6.07) is 15.8. The van der Waals surface area contributed by atoms with Crippen molar-refractivity contribution in [1.82, 2.24) is 10.2 Å². The zero-order valence-electron chi connectivity index (χ0n) is 19.6. The number of amides is 2. The third-order valence-corrected chi connectivity index (χ3v) is 7.03. The molecule has 6 heteroatoms. The molecule has 1 aliphatic heterocycles. The van der Waals surface area contributed by atoms with Gasteiger partial charge in [0.1, 0.15) is 0 Å². The monoisotopic (exact) mass is 450 g/mol. The number of nitrogens with one attached hydrogen (secondary N) is 1. The fourth-order valence-electron chi connectivity index (χ4n) is 5.18. The van der Waals surface area contributed by atoms with E-state index >= 15 is 0 Å². The number of carbonyl (C=O) groups excluding carboxylic acids is 2. The molecule has 1 saturated heterocycles. The highest BCUT2D eigenvalue weighted by Gasteiger charge is 2.37. The second-order valence-electron chi connectivity index (χ2n) is 9.17. The molecule has 2 fully saturated rings. The van der Waals surface area contributed by atoms with Crippen molar-refractivity contribution in [3.05, 3.63) is 59.7 Å². The summed E-state index contributed by atoms with van der Waals surface area (Å²) in [5, 5.41) is 3.09. The zero-order valence-corrected chi connectivity index (χ0v) is 19.6. The predicted octanol–water partition coefficient (Wildman–Crippen LogP) is 4.14. The normalized spacial score (nSPS) is 21.0. The van der Waals surface area contributed by atoms with E-state index in [2.05, 4.69) is 5.32 Å². The van der Waals surface area contributed by atoms with E-state index in [1.165, 1.54) is 0 Å². The molecule has 0 radical (unpaired) electrons. The van der Waals surface area contributed by atoms with Crippen LogP contribution in [-0.2, 0) is 16.1 Å². The number of piperidine rings is 1. The molecule has 2 amide bonds. The molecule has 33 heavy (non-hydrogen) atoms. The van der Waals surface area contributed by atoms with Gasteiger partial charge in [-0.1, -0.05) is 49.2 Å². The SMILES string of the molecule is COc1ccc(C2CC(C(=O)NCc3ccccc3)CN(C(=O)C3CCCC3)C2)cc1OC. The molecule has 2 aromatic rings. The summed E-state index contributed by atoms with van der Waals surface area (Å²) >= 11 is 0. The summed E-state index contributed by atoms with van der Waals surface area (Å²) in [6.07, 6.45) is 4.85. The summed E-state index contributed by atoms with van der Waals surface area (Å²) in [7, 11) is 3.24. The van der Waals surface area contributed by atoms with Crippen LogP contribution in [0, 0.1) is 11.8 Å². The van der Waals surface area contributed by atoms with Crippen molar-refractivity contribution in [3.8, 4) is 11.5 Å². The number of likely N-dealkylation sites (tertiary alicyclic amines) is 1. The minimum Gasteiger partial charge on any atom is -0.493 e. The first-order chi connectivity index (χ1) is 16.1. The van der Waals surface area contributed by atoms with Crippen LogP contribution in [0.15, 0.2) is 48.5 Å². The van der Waals surface area contributed by atoms with Crippen LogP contribution in [0.25, 0.3) is 0 Å². The minimum absolute atomic E-state index is 0.00764. The Kier molecular flexibility index (Phi) is 7.53. The van der Waals surface area contributed by atoms with Crippen molar-refractivity contribution in [3.63, 3.8) is 0 Å². The maximum absolute atomic E-state index is 13.3. The molecule has 0 aromatic heterocycles. The molecule has 2 aromatic carbocycles. The molecule has 2 atom stereocenters. The van der Waals surface area contributed by atoms with Crippen LogP contribution in [0.2, 0.25) is 0 Å². The number of ether oxygens (including phenoxy) is 2. The third-order valence-electron chi connectivity index (χ3n) is 7.03. The van der Waals surface area contributed by atoms with E-state index in [4.69, 9.17) is 9.47 Å². The lowest BCUT2D eigenvalue weighted by atomic mass is 9.83. The van der Waals surface area contributed by atoms with Gasteiger partial charge in [-0.15, -0.1) is 0 Å². The van der Waals surface area contributed by atoms with E-state index in [-0.39, 0.29) is 29.6 Å². The molecule has 176 valence electrons. The molecule has 2 aliphatic rings. The summed E-state index contributed by atoms with van der Waals surface area (Å²) in [5.41, 5.74) is 2.13. The third kappa shape index (κ3) is 5.49. The van der Waals surface area contributed by atoms with Crippen LogP contribution in [0.1, 0.15) is 49.1 Å². The quantitative estimate of drug-likeness (QED) is 0.688. The second kappa shape index (κ2) is 10.7. The number of hydrogen-bond acceptors (Lipinski definition) is 4. The van der Waals surface area contributed by atoms with E-state index in [0.29, 0.717) is 37.6 Å². The number of hydrogen-bond donors (Lipinski definition) is 1. The van der Waals surface area contributed by atoms with E-state index in [0.717, 1.165) is 36.8 Å². The van der Waals surface area contributed by atoms with Gasteiger partial charge in [0.2, 0.25) is 11.8 Å². The van der Waals surface area contributed by atoms with Crippen molar-refractivity contribution >= 4 is 11.8 Å². The summed E-state index contributed by atoms with van der Waals surface area (Å²) < 4.78 is 10.9. The fraction of sp³-hybridized carbons (Fsp3) is 0.481. The summed E-state index contributed by atoms with van der Waals surface area (Å²) in [6.45, 7) is 1.61. The topological polar surface area (TPSA) is 67.9 Å². The molecule has 4 rings (SSSR count). The lowest BCUT2D eigenvalue weighted by molar-refractivity contribution is -0.139. The van der Waals surface area contributed by atoms with Crippen LogP contribution in [0.5, 0.6) is 11.5 Å². The van der Waals surface area contributed by atoms with E-state index in [1.54, 1.807) is 14.2 Å². The van der Waals surface area contributed by atoms with Gasteiger partial charge in [0.15, 0.2) is 11.5 Å². The lowest BCUT2D eigenvalue weighted by Crippen LogP contribution is -2.49. The van der Waals surface area contributed by atoms with Crippen molar-refractivity contribution in [1.29, 1.82) is 0 Å². The standard InChI is InChI=1S/C27H34N2O4/c1-32-24-13-12-21(15-25(24)33-2)22-14-23(26(30)28-16-19-8-4-3-5-9-19)18-29(17-22)27(31)20-10-6-7-11-20/h3-5,8-9,12-13,15,20,22-23H,6-7,10-11,14,16-18H2,1-2H3,(H,28,30). The Hall–Kier alpha value is -3.02. The number of methoxy groups -OCH3 is 2. The zero-order chi connectivity index (χ0) is 23.2. The van der Waals surface area contributed by atoms with Gasteiger partial charge in [-0.2, -0.15) is 0 Å². The van der Waals surface area contributed by atoms with Gasteiger partial charge >= 0.3 is 0 Å². The van der Waals surface area contributed by atoms with Crippen molar-refractivity contribution in [2.24, 2.45) is 11.8 Å². The van der Waals surface area contributed by atoms with Gasteiger partial charge in [0, 0.05) is 31.5 Å². The first-order valence-electron chi connectivity index (χ1n) is 11.9. The molecule has 1 heterocycles. The molecule has 0 spiro atoms. The Morgan fingerprint density at radius 2 is 1.67 bits per heavy atom. The first-order valence-corrected chi connectivity index (χ1v) is 11.9. The first kappa shape index (κ1) is 23.1. The Labute approximate surface area is 196 Å². The van der Waals surface area contributed by atoms with Crippen LogP contribution < -0.4 is 14.8 Å². The van der Waals surface area contributed by atoms with Gasteiger partial charge in [-0.05, 0) is 42.5 Å². The van der Waals surface area contributed by atoms with Gasteiger partial charge in [-0.3, -0.25) is 9.59 Å². The fourth-order valence-corrected chi connectivity index (χ4v) is 5.18. The smallest absolute Gasteiger partial charge is 0.225 e. The number of rotatable bonds is 7. The Morgan fingerprint density at radius 3 is 2.36 bits per heavy atom. The maximum Gasteiger partial charge on any atom is 0.225 e. The second-order valence-corrected chi connectivity index (χ2v) is 9.17. The van der Waals surface area contributed by atoms with Gasteiger partial charge in [-0.25, -0.2) is 0 Å². The van der Waals surface area contributed by atoms with Gasteiger partial charge < -0.3 is 19.7 Å². The molecule has 2 unspecified atom stereocenters. The molecule has 1 saturated carbocycles. The molecule has 1 N–H and O–H groups in total. The molecule has 1 aliphatic carbocycles. The Morgan fingerprint density at radius 1 is 0.939 bits per heavy atom. The summed E-state index contributed by atoms with van der Waals surface area (Å²) in [5.74, 6) is 1.48. The average molecular weight is 451 g/mol. The molecular formula is C27H34N2O4. The van der Waals surface area contributed by atoms with Crippen molar-refractivity contribution in [2.45, 2.75) is 44.6 Å². The largest absolute Gasteiger partial charge is 0.493 e. The molecule has 6 nitrogen and oxygen atoms in total. The number of carbonyl (C=O) groups is 2. The average Bonchev–Trinajstić information content (AvgIpc) is 3.41. The number of benzene rings is 2. The predicted molar refractivity (Wildman–Crippen MR) is 127 cm³/mol. The van der Waals surface area contributed by atoms with Crippen LogP contribution in [0.3, 0.4) is 0 Å². The van der Waals surface area contributed by atoms with E-state index in [9.17, 15) is 9.59 Å². The van der Waals surface area contributed by atoms with Crippen LogP contribution >= 0.6 is 0 Å². The highest BCUT2D eigenvalue weighted by atomic mass is 16.5. The highest BCUT2D eigenvalue weighted by molar-refractivity contribution is 5.82. The minimum atomic E-state index is -0.245. The van der Waals surface area contributed by atoms with Crippen LogP contribution in [0.4, 0.5) is 0 Å². The highest BCUT2D eigenvalue weighted by Crippen LogP contribution is 2.37. The van der Waals surface area contributed by atoms with Crippen molar-refractivity contribution in [2.75, 3.05) is 27.3 Å². The lowest BCUT2D eigenvalue weighted by Gasteiger charge is -2.38.